The van der Waals surface area contributed by atoms with Gasteiger partial charge in [0.1, 0.15) is 0 Å². The monoisotopic (exact) mass is 258 g/mol. The van der Waals surface area contributed by atoms with E-state index in [1.165, 1.54) is 5.56 Å². The molecule has 4 heteroatoms. The number of aromatic nitrogens is 2. The lowest BCUT2D eigenvalue weighted by atomic mass is 10.0. The molecule has 0 aliphatic heterocycles. The summed E-state index contributed by atoms with van der Waals surface area (Å²) in [5.74, 6) is -0.986. The minimum absolute atomic E-state index is 0.0775. The van der Waals surface area contributed by atoms with Crippen molar-refractivity contribution in [2.24, 2.45) is 0 Å². The molecule has 0 saturated heterocycles. The standard InChI is InChI=1S/C15H18N2O2/c1-4-14(12-7-5-10(2)6-8-12)17-11(3)9-13(16-17)15(18)19/h5-9,14H,4H2,1-3H3,(H,18,19). The topological polar surface area (TPSA) is 55.1 Å². The number of hydrogen-bond donors (Lipinski definition) is 1. The predicted molar refractivity (Wildman–Crippen MR) is 73.5 cm³/mol. The first-order chi connectivity index (χ1) is 9.02. The molecule has 0 amide bonds. The molecule has 4 nitrogen and oxygen atoms in total. The van der Waals surface area contributed by atoms with Gasteiger partial charge in [0.25, 0.3) is 0 Å². The van der Waals surface area contributed by atoms with Crippen molar-refractivity contribution in [1.82, 2.24) is 9.78 Å². The molecule has 1 aromatic heterocycles. The molecule has 1 heterocycles. The number of rotatable bonds is 4. The van der Waals surface area contributed by atoms with E-state index < -0.39 is 5.97 Å². The Morgan fingerprint density at radius 3 is 2.42 bits per heavy atom. The maximum Gasteiger partial charge on any atom is 0.356 e. The van der Waals surface area contributed by atoms with Gasteiger partial charge in [-0.25, -0.2) is 4.79 Å². The highest BCUT2D eigenvalue weighted by Crippen LogP contribution is 2.23. The summed E-state index contributed by atoms with van der Waals surface area (Å²) in [6.45, 7) is 6.01. The maximum atomic E-state index is 11.0. The van der Waals surface area contributed by atoms with Gasteiger partial charge in [-0.05, 0) is 31.9 Å². The average molecular weight is 258 g/mol. The van der Waals surface area contributed by atoms with Gasteiger partial charge in [-0.2, -0.15) is 5.10 Å². The van der Waals surface area contributed by atoms with E-state index in [0.717, 1.165) is 17.7 Å². The second-order valence-corrected chi connectivity index (χ2v) is 4.76. The van der Waals surface area contributed by atoms with Gasteiger partial charge in [-0.1, -0.05) is 36.8 Å². The van der Waals surface area contributed by atoms with Crippen molar-refractivity contribution in [2.45, 2.75) is 33.2 Å². The summed E-state index contributed by atoms with van der Waals surface area (Å²) in [6.07, 6.45) is 0.866. The van der Waals surface area contributed by atoms with E-state index in [2.05, 4.69) is 36.3 Å². The van der Waals surface area contributed by atoms with Crippen molar-refractivity contribution in [3.8, 4) is 0 Å². The molecule has 1 unspecified atom stereocenters. The third-order valence-electron chi connectivity index (χ3n) is 3.29. The molecule has 1 aromatic carbocycles. The van der Waals surface area contributed by atoms with Gasteiger partial charge >= 0.3 is 5.97 Å². The van der Waals surface area contributed by atoms with Gasteiger partial charge in [0.05, 0.1) is 6.04 Å². The molecule has 2 aromatic rings. The molecule has 0 spiro atoms. The summed E-state index contributed by atoms with van der Waals surface area (Å²) >= 11 is 0. The van der Waals surface area contributed by atoms with Crippen LogP contribution in [0.15, 0.2) is 30.3 Å². The lowest BCUT2D eigenvalue weighted by Gasteiger charge is -2.18. The molecule has 0 fully saturated rings. The fourth-order valence-electron chi connectivity index (χ4n) is 2.25. The predicted octanol–water partition coefficient (Wildman–Crippen LogP) is 3.20. The van der Waals surface area contributed by atoms with E-state index in [9.17, 15) is 4.79 Å². The van der Waals surface area contributed by atoms with Crippen LogP contribution in [0.2, 0.25) is 0 Å². The molecule has 100 valence electrons. The van der Waals surface area contributed by atoms with Gasteiger partial charge in [0.2, 0.25) is 0 Å². The van der Waals surface area contributed by atoms with Crippen LogP contribution in [0.25, 0.3) is 0 Å². The Bertz CT molecular complexity index is 585. The summed E-state index contributed by atoms with van der Waals surface area (Å²) in [5.41, 5.74) is 3.33. The van der Waals surface area contributed by atoms with E-state index in [1.807, 2.05) is 13.8 Å². The number of benzene rings is 1. The van der Waals surface area contributed by atoms with E-state index in [0.29, 0.717) is 0 Å². The molecule has 0 aliphatic rings. The lowest BCUT2D eigenvalue weighted by Crippen LogP contribution is -2.13. The van der Waals surface area contributed by atoms with Crippen LogP contribution in [0, 0.1) is 13.8 Å². The van der Waals surface area contributed by atoms with Crippen LogP contribution in [0.4, 0.5) is 0 Å². The van der Waals surface area contributed by atoms with Crippen molar-refractivity contribution in [3.63, 3.8) is 0 Å². The first kappa shape index (κ1) is 13.3. The Morgan fingerprint density at radius 2 is 1.95 bits per heavy atom. The summed E-state index contributed by atoms with van der Waals surface area (Å²) in [4.78, 5) is 11.0. The minimum atomic E-state index is -0.986. The van der Waals surface area contributed by atoms with Crippen molar-refractivity contribution < 1.29 is 9.90 Å². The van der Waals surface area contributed by atoms with E-state index in [1.54, 1.807) is 10.7 Å². The Kier molecular flexibility index (Phi) is 3.69. The molecule has 0 saturated carbocycles. The molecule has 1 N–H and O–H groups in total. The quantitative estimate of drug-likeness (QED) is 0.916. The molecular formula is C15H18N2O2. The molecule has 2 rings (SSSR count). The van der Waals surface area contributed by atoms with Crippen LogP contribution >= 0.6 is 0 Å². The van der Waals surface area contributed by atoms with Crippen molar-refractivity contribution in [3.05, 3.63) is 52.8 Å². The van der Waals surface area contributed by atoms with Crippen LogP contribution in [0.5, 0.6) is 0 Å². The van der Waals surface area contributed by atoms with Crippen LogP contribution in [-0.4, -0.2) is 20.9 Å². The van der Waals surface area contributed by atoms with E-state index in [4.69, 9.17) is 5.11 Å². The molecule has 0 radical (unpaired) electrons. The first-order valence-electron chi connectivity index (χ1n) is 6.39. The van der Waals surface area contributed by atoms with Crippen molar-refractivity contribution in [1.29, 1.82) is 0 Å². The number of nitrogens with zero attached hydrogens (tertiary/aromatic N) is 2. The summed E-state index contributed by atoms with van der Waals surface area (Å²) < 4.78 is 1.80. The summed E-state index contributed by atoms with van der Waals surface area (Å²) in [6, 6.07) is 9.97. The van der Waals surface area contributed by atoms with E-state index >= 15 is 0 Å². The normalized spacial score (nSPS) is 12.4. The number of aryl methyl sites for hydroxylation is 2. The fraction of sp³-hybridized carbons (Fsp3) is 0.333. The van der Waals surface area contributed by atoms with Crippen molar-refractivity contribution in [2.75, 3.05) is 0 Å². The van der Waals surface area contributed by atoms with Gasteiger partial charge in [0.15, 0.2) is 5.69 Å². The maximum absolute atomic E-state index is 11.0. The minimum Gasteiger partial charge on any atom is -0.476 e. The third kappa shape index (κ3) is 2.67. The van der Waals surface area contributed by atoms with Crippen LogP contribution in [0.3, 0.4) is 0 Å². The number of carboxylic acid groups (broad SMARTS) is 1. The summed E-state index contributed by atoms with van der Waals surface area (Å²) in [7, 11) is 0. The highest BCUT2D eigenvalue weighted by atomic mass is 16.4. The molecule has 1 atom stereocenters. The second-order valence-electron chi connectivity index (χ2n) is 4.76. The van der Waals surface area contributed by atoms with E-state index in [-0.39, 0.29) is 11.7 Å². The largest absolute Gasteiger partial charge is 0.476 e. The highest BCUT2D eigenvalue weighted by Gasteiger charge is 2.18. The Balaban J connectivity index is 2.42. The smallest absolute Gasteiger partial charge is 0.356 e. The van der Waals surface area contributed by atoms with Gasteiger partial charge in [0, 0.05) is 5.69 Å². The van der Waals surface area contributed by atoms with Crippen LogP contribution in [-0.2, 0) is 0 Å². The first-order valence-corrected chi connectivity index (χ1v) is 6.39. The molecule has 19 heavy (non-hydrogen) atoms. The van der Waals surface area contributed by atoms with Crippen LogP contribution in [0.1, 0.15) is 46.7 Å². The highest BCUT2D eigenvalue weighted by molar-refractivity contribution is 5.85. The van der Waals surface area contributed by atoms with Crippen molar-refractivity contribution >= 4 is 5.97 Å². The van der Waals surface area contributed by atoms with Gasteiger partial charge in [-0.3, -0.25) is 4.68 Å². The SMILES string of the molecule is CCC(c1ccc(C)cc1)n1nc(C(=O)O)cc1C. The number of carbonyl (C=O) groups is 1. The Hall–Kier alpha value is -2.10. The zero-order valence-corrected chi connectivity index (χ0v) is 11.4. The number of carboxylic acids is 1. The fourth-order valence-corrected chi connectivity index (χ4v) is 2.25. The third-order valence-corrected chi connectivity index (χ3v) is 3.29. The molecule has 0 aliphatic carbocycles. The zero-order valence-electron chi connectivity index (χ0n) is 11.4. The van der Waals surface area contributed by atoms with Gasteiger partial charge < -0.3 is 5.11 Å². The molecular weight excluding hydrogens is 240 g/mol. The number of hydrogen-bond acceptors (Lipinski definition) is 2. The summed E-state index contributed by atoms with van der Waals surface area (Å²) in [5, 5.41) is 13.2. The Morgan fingerprint density at radius 1 is 1.32 bits per heavy atom. The zero-order chi connectivity index (χ0) is 14.0. The van der Waals surface area contributed by atoms with Gasteiger partial charge in [-0.15, -0.1) is 0 Å². The second kappa shape index (κ2) is 5.26. The lowest BCUT2D eigenvalue weighted by molar-refractivity contribution is 0.0689. The Labute approximate surface area is 112 Å². The molecule has 0 bridgehead atoms. The van der Waals surface area contributed by atoms with Crippen LogP contribution < -0.4 is 0 Å². The average Bonchev–Trinajstić information content (AvgIpc) is 2.75. The number of aromatic carboxylic acids is 1.